The summed E-state index contributed by atoms with van der Waals surface area (Å²) in [5, 5.41) is 3.23. The van der Waals surface area contributed by atoms with E-state index in [2.05, 4.69) is 14.8 Å². The van der Waals surface area contributed by atoms with E-state index in [1.807, 2.05) is 0 Å². The van der Waals surface area contributed by atoms with Crippen LogP contribution in [0.5, 0.6) is 5.75 Å². The van der Waals surface area contributed by atoms with Crippen molar-refractivity contribution in [1.29, 1.82) is 0 Å². The Morgan fingerprint density at radius 3 is 2.35 bits per heavy atom. The molecule has 0 bridgehead atoms. The van der Waals surface area contributed by atoms with Crippen LogP contribution >= 0.6 is 0 Å². The number of methoxy groups -OCH3 is 1. The molecule has 0 unspecified atom stereocenters. The number of nitrogens with one attached hydrogen (secondary N) is 2. The van der Waals surface area contributed by atoms with Crippen molar-refractivity contribution in [1.82, 2.24) is 10.0 Å². The van der Waals surface area contributed by atoms with E-state index in [0.29, 0.717) is 6.61 Å². The summed E-state index contributed by atoms with van der Waals surface area (Å²) in [7, 11) is -2.20. The Morgan fingerprint density at radius 1 is 1.19 bits per heavy atom. The molecule has 2 rings (SSSR count). The summed E-state index contributed by atoms with van der Waals surface area (Å²) >= 11 is 0. The molecule has 0 aliphatic carbocycles. The molecule has 148 valence electrons. The zero-order valence-corrected chi connectivity index (χ0v) is 15.3. The van der Waals surface area contributed by atoms with E-state index in [0.717, 1.165) is 25.9 Å². The minimum Gasteiger partial charge on any atom is -0.484 e. The summed E-state index contributed by atoms with van der Waals surface area (Å²) in [6.45, 7) is 0.830. The number of halogens is 3. The Bertz CT molecular complexity index is 666. The van der Waals surface area contributed by atoms with Crippen LogP contribution in [0.1, 0.15) is 12.8 Å². The molecule has 0 amide bonds. The Labute approximate surface area is 151 Å². The third kappa shape index (κ3) is 6.11. The standard InChI is InChI=1S/C16H23F3N2O4S/c1-24-11-15(6-8-20-9-7-15)10-21-26(22,23)14-4-2-13(3-5-14)25-12-16(17,18)19/h2-5,20-21H,6-12H2,1H3. The van der Waals surface area contributed by atoms with Gasteiger partial charge in [-0.1, -0.05) is 0 Å². The first-order chi connectivity index (χ1) is 12.2. The Kier molecular flexibility index (Phi) is 6.89. The van der Waals surface area contributed by atoms with Crippen molar-refractivity contribution >= 4 is 10.0 Å². The van der Waals surface area contributed by atoms with Crippen LogP contribution in [0, 0.1) is 5.41 Å². The van der Waals surface area contributed by atoms with Crippen molar-refractivity contribution in [3.05, 3.63) is 24.3 Å². The second-order valence-corrected chi connectivity index (χ2v) is 8.15. The highest BCUT2D eigenvalue weighted by atomic mass is 32.2. The lowest BCUT2D eigenvalue weighted by molar-refractivity contribution is -0.153. The highest BCUT2D eigenvalue weighted by molar-refractivity contribution is 7.89. The van der Waals surface area contributed by atoms with E-state index in [1.165, 1.54) is 24.3 Å². The average molecular weight is 396 g/mol. The summed E-state index contributed by atoms with van der Waals surface area (Å²) in [6, 6.07) is 4.85. The fourth-order valence-electron chi connectivity index (χ4n) is 2.85. The van der Waals surface area contributed by atoms with Crippen molar-refractivity contribution in [3.63, 3.8) is 0 Å². The van der Waals surface area contributed by atoms with Gasteiger partial charge in [-0.05, 0) is 50.2 Å². The van der Waals surface area contributed by atoms with Gasteiger partial charge >= 0.3 is 6.18 Å². The quantitative estimate of drug-likeness (QED) is 0.702. The van der Waals surface area contributed by atoms with Gasteiger partial charge in [0.25, 0.3) is 0 Å². The zero-order chi connectivity index (χ0) is 19.3. The second-order valence-electron chi connectivity index (χ2n) is 6.38. The number of ether oxygens (including phenoxy) is 2. The van der Waals surface area contributed by atoms with Gasteiger partial charge in [-0.15, -0.1) is 0 Å². The molecule has 6 nitrogen and oxygen atoms in total. The number of piperidine rings is 1. The topological polar surface area (TPSA) is 76.7 Å². The predicted octanol–water partition coefficient (Wildman–Crippen LogP) is 1.92. The fourth-order valence-corrected chi connectivity index (χ4v) is 4.00. The minimum absolute atomic E-state index is 0.0293. The van der Waals surface area contributed by atoms with E-state index in [9.17, 15) is 21.6 Å². The third-order valence-electron chi connectivity index (χ3n) is 4.29. The van der Waals surface area contributed by atoms with E-state index in [1.54, 1.807) is 7.11 Å². The lowest BCUT2D eigenvalue weighted by atomic mass is 9.80. The van der Waals surface area contributed by atoms with Crippen molar-refractivity contribution in [2.75, 3.05) is 40.0 Å². The molecule has 1 aliphatic rings. The predicted molar refractivity (Wildman–Crippen MR) is 89.6 cm³/mol. The first-order valence-electron chi connectivity index (χ1n) is 8.15. The van der Waals surface area contributed by atoms with E-state index < -0.39 is 22.8 Å². The molecule has 0 saturated carbocycles. The highest BCUT2D eigenvalue weighted by Gasteiger charge is 2.33. The molecular formula is C16H23F3N2O4S. The van der Waals surface area contributed by atoms with Crippen molar-refractivity contribution < 1.29 is 31.1 Å². The van der Waals surface area contributed by atoms with Gasteiger partial charge in [0, 0.05) is 19.1 Å². The van der Waals surface area contributed by atoms with Crippen molar-refractivity contribution in [2.45, 2.75) is 23.9 Å². The number of sulfonamides is 1. The van der Waals surface area contributed by atoms with Crippen molar-refractivity contribution in [2.24, 2.45) is 5.41 Å². The summed E-state index contributed by atoms with van der Waals surface area (Å²) in [5.41, 5.74) is -0.275. The average Bonchev–Trinajstić information content (AvgIpc) is 2.59. The van der Waals surface area contributed by atoms with E-state index >= 15 is 0 Å². The summed E-state index contributed by atoms with van der Waals surface area (Å²) < 4.78 is 73.8. The van der Waals surface area contributed by atoms with Gasteiger partial charge in [0.1, 0.15) is 5.75 Å². The summed E-state index contributed by atoms with van der Waals surface area (Å²) in [5.74, 6) is -0.0458. The van der Waals surface area contributed by atoms with Crippen molar-refractivity contribution in [3.8, 4) is 5.75 Å². The SMILES string of the molecule is COCC1(CNS(=O)(=O)c2ccc(OCC(F)(F)F)cc2)CCNCC1. The van der Waals surface area contributed by atoms with E-state index in [4.69, 9.17) is 4.74 Å². The van der Waals surface area contributed by atoms with Crippen LogP contribution in [0.4, 0.5) is 13.2 Å². The molecule has 1 aromatic rings. The molecule has 0 aromatic heterocycles. The monoisotopic (exact) mass is 396 g/mol. The third-order valence-corrected chi connectivity index (χ3v) is 5.71. The van der Waals surface area contributed by atoms with Gasteiger partial charge in [-0.3, -0.25) is 0 Å². The van der Waals surface area contributed by atoms with Gasteiger partial charge in [-0.25, -0.2) is 13.1 Å². The number of alkyl halides is 3. The molecule has 1 heterocycles. The van der Waals surface area contributed by atoms with E-state index in [-0.39, 0.29) is 22.6 Å². The highest BCUT2D eigenvalue weighted by Crippen LogP contribution is 2.29. The fraction of sp³-hybridized carbons (Fsp3) is 0.625. The van der Waals surface area contributed by atoms with Gasteiger partial charge in [0.2, 0.25) is 10.0 Å². The van der Waals surface area contributed by atoms with Crippen LogP contribution in [-0.4, -0.2) is 54.6 Å². The smallest absolute Gasteiger partial charge is 0.422 e. The molecule has 26 heavy (non-hydrogen) atoms. The molecule has 10 heteroatoms. The normalized spacial score (nSPS) is 17.8. The lowest BCUT2D eigenvalue weighted by Gasteiger charge is -2.37. The molecule has 1 aromatic carbocycles. The largest absolute Gasteiger partial charge is 0.484 e. The molecule has 1 saturated heterocycles. The summed E-state index contributed by atoms with van der Waals surface area (Å²) in [4.78, 5) is -0.0293. The Morgan fingerprint density at radius 2 is 1.81 bits per heavy atom. The van der Waals surface area contributed by atoms with Crippen LogP contribution in [0.15, 0.2) is 29.2 Å². The maximum Gasteiger partial charge on any atom is 0.422 e. The van der Waals surface area contributed by atoms with Crippen LogP contribution in [0.3, 0.4) is 0 Å². The van der Waals surface area contributed by atoms with Gasteiger partial charge in [0.05, 0.1) is 11.5 Å². The maximum atomic E-state index is 12.5. The van der Waals surface area contributed by atoms with Crippen LogP contribution in [0.25, 0.3) is 0 Å². The maximum absolute atomic E-state index is 12.5. The molecule has 2 N–H and O–H groups in total. The van der Waals surface area contributed by atoms with Crippen LogP contribution < -0.4 is 14.8 Å². The first kappa shape index (κ1) is 20.9. The molecule has 0 atom stereocenters. The number of hydrogen-bond acceptors (Lipinski definition) is 5. The second kappa shape index (κ2) is 8.55. The molecule has 1 fully saturated rings. The molecule has 0 radical (unpaired) electrons. The number of hydrogen-bond donors (Lipinski definition) is 2. The molecular weight excluding hydrogens is 373 g/mol. The van der Waals surface area contributed by atoms with Gasteiger partial charge in [0.15, 0.2) is 6.61 Å². The van der Waals surface area contributed by atoms with Crippen LogP contribution in [0.2, 0.25) is 0 Å². The Balaban J connectivity index is 2.00. The number of rotatable bonds is 8. The Hall–Kier alpha value is -1.36. The summed E-state index contributed by atoms with van der Waals surface area (Å²) in [6.07, 6.45) is -2.88. The van der Waals surface area contributed by atoms with Crippen LogP contribution in [-0.2, 0) is 14.8 Å². The number of benzene rings is 1. The van der Waals surface area contributed by atoms with Gasteiger partial charge < -0.3 is 14.8 Å². The van der Waals surface area contributed by atoms with Gasteiger partial charge in [-0.2, -0.15) is 13.2 Å². The lowest BCUT2D eigenvalue weighted by Crippen LogP contribution is -2.47. The first-order valence-corrected chi connectivity index (χ1v) is 9.63. The zero-order valence-electron chi connectivity index (χ0n) is 14.4. The molecule has 1 aliphatic heterocycles. The molecule has 0 spiro atoms. The minimum atomic E-state index is -4.45.